The van der Waals surface area contributed by atoms with Crippen LogP contribution in [0.1, 0.15) is 33.6 Å². The summed E-state index contributed by atoms with van der Waals surface area (Å²) >= 11 is 1.88. The lowest BCUT2D eigenvalue weighted by molar-refractivity contribution is 0.448. The van der Waals surface area contributed by atoms with Gasteiger partial charge in [-0.15, -0.1) is 0 Å². The SMILES string of the molecule is CC(N)CSCCCC(C)(C)C#N. The van der Waals surface area contributed by atoms with Gasteiger partial charge in [-0.2, -0.15) is 17.0 Å². The average molecular weight is 200 g/mol. The number of nitrogens with zero attached hydrogens (tertiary/aromatic N) is 1. The number of hydrogen-bond acceptors (Lipinski definition) is 3. The molecule has 0 aliphatic rings. The van der Waals surface area contributed by atoms with Gasteiger partial charge in [-0.1, -0.05) is 0 Å². The molecule has 0 bridgehead atoms. The summed E-state index contributed by atoms with van der Waals surface area (Å²) in [6.07, 6.45) is 2.09. The van der Waals surface area contributed by atoms with Gasteiger partial charge in [-0.3, -0.25) is 0 Å². The van der Waals surface area contributed by atoms with Crippen molar-refractivity contribution < 1.29 is 0 Å². The van der Waals surface area contributed by atoms with E-state index in [1.54, 1.807) is 0 Å². The highest BCUT2D eigenvalue weighted by Gasteiger charge is 2.15. The molecule has 2 N–H and O–H groups in total. The molecular formula is C10H20N2S. The molecule has 76 valence electrons. The molecule has 0 amide bonds. The fourth-order valence-corrected chi connectivity index (χ4v) is 1.83. The van der Waals surface area contributed by atoms with Gasteiger partial charge in [0, 0.05) is 11.8 Å². The lowest BCUT2D eigenvalue weighted by atomic mass is 9.90. The molecule has 1 unspecified atom stereocenters. The van der Waals surface area contributed by atoms with E-state index in [1.165, 1.54) is 0 Å². The predicted molar refractivity (Wildman–Crippen MR) is 59.6 cm³/mol. The van der Waals surface area contributed by atoms with Crippen molar-refractivity contribution in [3.05, 3.63) is 0 Å². The Morgan fingerprint density at radius 3 is 2.62 bits per heavy atom. The first kappa shape index (κ1) is 12.8. The third-order valence-corrected chi connectivity index (χ3v) is 3.11. The molecule has 0 fully saturated rings. The zero-order valence-corrected chi connectivity index (χ0v) is 9.66. The summed E-state index contributed by atoms with van der Waals surface area (Å²) < 4.78 is 0. The molecular weight excluding hydrogens is 180 g/mol. The van der Waals surface area contributed by atoms with Crippen LogP contribution in [0.4, 0.5) is 0 Å². The zero-order valence-electron chi connectivity index (χ0n) is 8.84. The van der Waals surface area contributed by atoms with Gasteiger partial charge in [0.05, 0.1) is 11.5 Å². The summed E-state index contributed by atoms with van der Waals surface area (Å²) in [4.78, 5) is 0. The summed E-state index contributed by atoms with van der Waals surface area (Å²) in [6, 6.07) is 2.59. The van der Waals surface area contributed by atoms with Gasteiger partial charge in [0.2, 0.25) is 0 Å². The Labute approximate surface area is 85.9 Å². The number of nitrogens with two attached hydrogens (primary N) is 1. The van der Waals surface area contributed by atoms with Crippen molar-refractivity contribution >= 4 is 11.8 Å². The summed E-state index contributed by atoms with van der Waals surface area (Å²) in [5.41, 5.74) is 5.46. The van der Waals surface area contributed by atoms with E-state index in [4.69, 9.17) is 11.0 Å². The number of rotatable bonds is 6. The van der Waals surface area contributed by atoms with E-state index in [0.29, 0.717) is 0 Å². The maximum Gasteiger partial charge on any atom is 0.0683 e. The molecule has 1 atom stereocenters. The molecule has 0 saturated heterocycles. The second kappa shape index (κ2) is 6.28. The first-order valence-corrected chi connectivity index (χ1v) is 5.88. The monoisotopic (exact) mass is 200 g/mol. The van der Waals surface area contributed by atoms with Crippen molar-refractivity contribution in [2.45, 2.75) is 39.7 Å². The number of hydrogen-bond donors (Lipinski definition) is 1. The molecule has 13 heavy (non-hydrogen) atoms. The minimum atomic E-state index is -0.158. The van der Waals surface area contributed by atoms with Crippen LogP contribution < -0.4 is 5.73 Å². The third kappa shape index (κ3) is 8.14. The van der Waals surface area contributed by atoms with E-state index < -0.39 is 0 Å². The fraction of sp³-hybridized carbons (Fsp3) is 0.900. The number of nitriles is 1. The molecule has 0 aromatic rings. The minimum absolute atomic E-state index is 0.158. The third-order valence-electron chi connectivity index (χ3n) is 1.77. The Morgan fingerprint density at radius 1 is 1.54 bits per heavy atom. The molecule has 2 nitrogen and oxygen atoms in total. The van der Waals surface area contributed by atoms with Crippen LogP contribution in [0.5, 0.6) is 0 Å². The van der Waals surface area contributed by atoms with Gasteiger partial charge in [-0.25, -0.2) is 0 Å². The smallest absolute Gasteiger partial charge is 0.0683 e. The molecule has 0 rings (SSSR count). The van der Waals surface area contributed by atoms with Crippen LogP contribution in [0.3, 0.4) is 0 Å². The van der Waals surface area contributed by atoms with E-state index in [9.17, 15) is 0 Å². The van der Waals surface area contributed by atoms with Gasteiger partial charge in [0.1, 0.15) is 0 Å². The van der Waals surface area contributed by atoms with Gasteiger partial charge in [0.25, 0.3) is 0 Å². The van der Waals surface area contributed by atoms with Crippen molar-refractivity contribution in [3.8, 4) is 6.07 Å². The summed E-state index contributed by atoms with van der Waals surface area (Å²) in [5.74, 6) is 2.14. The Balaban J connectivity index is 3.32. The van der Waals surface area contributed by atoms with E-state index in [1.807, 2.05) is 32.5 Å². The van der Waals surface area contributed by atoms with Gasteiger partial charge in [-0.05, 0) is 39.4 Å². The molecule has 0 aliphatic heterocycles. The van der Waals surface area contributed by atoms with Crippen molar-refractivity contribution in [2.24, 2.45) is 11.1 Å². The summed E-state index contributed by atoms with van der Waals surface area (Å²) in [5, 5.41) is 8.76. The Kier molecular flexibility index (Phi) is 6.19. The average Bonchev–Trinajstić information content (AvgIpc) is 2.03. The zero-order chi connectivity index (χ0) is 10.3. The largest absolute Gasteiger partial charge is 0.327 e. The van der Waals surface area contributed by atoms with E-state index >= 15 is 0 Å². The summed E-state index contributed by atoms with van der Waals surface area (Å²) in [6.45, 7) is 6.00. The van der Waals surface area contributed by atoms with Gasteiger partial charge < -0.3 is 5.73 Å². The molecule has 0 aromatic heterocycles. The topological polar surface area (TPSA) is 49.8 Å². The lowest BCUT2D eigenvalue weighted by Gasteiger charge is -2.14. The second-order valence-electron chi connectivity index (χ2n) is 4.15. The van der Waals surface area contributed by atoms with Crippen molar-refractivity contribution in [1.29, 1.82) is 5.26 Å². The maximum atomic E-state index is 8.76. The van der Waals surface area contributed by atoms with Crippen molar-refractivity contribution in [1.82, 2.24) is 0 Å². The molecule has 0 radical (unpaired) electrons. The van der Waals surface area contributed by atoms with Gasteiger partial charge >= 0.3 is 0 Å². The van der Waals surface area contributed by atoms with Crippen LogP contribution in [0.2, 0.25) is 0 Å². The lowest BCUT2D eigenvalue weighted by Crippen LogP contribution is -2.17. The van der Waals surface area contributed by atoms with E-state index in [0.717, 1.165) is 24.3 Å². The van der Waals surface area contributed by atoms with Gasteiger partial charge in [0.15, 0.2) is 0 Å². The van der Waals surface area contributed by atoms with Crippen LogP contribution in [0.15, 0.2) is 0 Å². The molecule has 3 heteroatoms. The standard InChI is InChI=1S/C10H20N2S/c1-9(12)7-13-6-4-5-10(2,3)8-11/h9H,4-7,12H2,1-3H3. The van der Waals surface area contributed by atoms with E-state index in [2.05, 4.69) is 6.07 Å². The first-order valence-electron chi connectivity index (χ1n) is 4.72. The van der Waals surface area contributed by atoms with Crippen LogP contribution in [0, 0.1) is 16.7 Å². The predicted octanol–water partition coefficient (Wildman–Crippen LogP) is 2.40. The number of thioether (sulfide) groups is 1. The Bertz CT molecular complexity index is 170. The maximum absolute atomic E-state index is 8.76. The van der Waals surface area contributed by atoms with E-state index in [-0.39, 0.29) is 11.5 Å². The van der Waals surface area contributed by atoms with Crippen molar-refractivity contribution in [2.75, 3.05) is 11.5 Å². The van der Waals surface area contributed by atoms with Crippen LogP contribution >= 0.6 is 11.8 Å². The van der Waals surface area contributed by atoms with Crippen LogP contribution in [-0.4, -0.2) is 17.5 Å². The first-order chi connectivity index (χ1) is 5.98. The molecule has 0 aliphatic carbocycles. The van der Waals surface area contributed by atoms with Crippen molar-refractivity contribution in [3.63, 3.8) is 0 Å². The molecule has 0 saturated carbocycles. The second-order valence-corrected chi connectivity index (χ2v) is 5.30. The fourth-order valence-electron chi connectivity index (χ4n) is 0.941. The highest BCUT2D eigenvalue weighted by molar-refractivity contribution is 7.99. The minimum Gasteiger partial charge on any atom is -0.327 e. The van der Waals surface area contributed by atoms with Crippen LogP contribution in [-0.2, 0) is 0 Å². The normalized spacial score (nSPS) is 13.8. The summed E-state index contributed by atoms with van der Waals surface area (Å²) in [7, 11) is 0. The Morgan fingerprint density at radius 2 is 2.15 bits per heavy atom. The highest BCUT2D eigenvalue weighted by atomic mass is 32.2. The Hall–Kier alpha value is -0.200. The highest BCUT2D eigenvalue weighted by Crippen LogP contribution is 2.21. The van der Waals surface area contributed by atoms with Crippen LogP contribution in [0.25, 0.3) is 0 Å². The molecule has 0 spiro atoms. The quantitative estimate of drug-likeness (QED) is 0.670. The molecule has 0 aromatic carbocycles. The molecule has 0 heterocycles.